The van der Waals surface area contributed by atoms with Crippen LogP contribution in [0.1, 0.15) is 24.2 Å². The number of nitrogens with one attached hydrogen (secondary N) is 1. The summed E-state index contributed by atoms with van der Waals surface area (Å²) in [6.07, 6.45) is 0. The predicted octanol–water partition coefficient (Wildman–Crippen LogP) is 1.69. The SMILES string of the molecule is COc1ccc(C(=O)O)cc1NC(=O)[C@@H]1[C@@H](C(=O)O)C1(C)C. The molecule has 1 aliphatic rings. The van der Waals surface area contributed by atoms with E-state index in [1.165, 1.54) is 25.3 Å². The summed E-state index contributed by atoms with van der Waals surface area (Å²) < 4.78 is 5.08. The number of anilines is 1. The average molecular weight is 307 g/mol. The quantitative estimate of drug-likeness (QED) is 0.763. The van der Waals surface area contributed by atoms with Crippen molar-refractivity contribution in [3.63, 3.8) is 0 Å². The lowest BCUT2D eigenvalue weighted by atomic mass is 10.1. The second-order valence-corrected chi connectivity index (χ2v) is 5.82. The van der Waals surface area contributed by atoms with E-state index in [2.05, 4.69) is 5.32 Å². The van der Waals surface area contributed by atoms with Crippen LogP contribution in [0.15, 0.2) is 18.2 Å². The van der Waals surface area contributed by atoms with E-state index in [4.69, 9.17) is 14.9 Å². The number of aromatic carboxylic acids is 1. The molecule has 118 valence electrons. The van der Waals surface area contributed by atoms with Crippen LogP contribution >= 0.6 is 0 Å². The lowest BCUT2D eigenvalue weighted by Crippen LogP contribution is -2.18. The van der Waals surface area contributed by atoms with E-state index < -0.39 is 35.1 Å². The van der Waals surface area contributed by atoms with Gasteiger partial charge in [0.05, 0.1) is 30.2 Å². The minimum atomic E-state index is -1.13. The van der Waals surface area contributed by atoms with Crippen molar-refractivity contribution in [2.45, 2.75) is 13.8 Å². The smallest absolute Gasteiger partial charge is 0.335 e. The number of carbonyl (C=O) groups excluding carboxylic acids is 1. The van der Waals surface area contributed by atoms with Gasteiger partial charge in [-0.2, -0.15) is 0 Å². The van der Waals surface area contributed by atoms with Crippen molar-refractivity contribution < 1.29 is 29.3 Å². The van der Waals surface area contributed by atoms with E-state index in [-0.39, 0.29) is 11.3 Å². The number of carbonyl (C=O) groups is 3. The number of carboxylic acid groups (broad SMARTS) is 2. The van der Waals surface area contributed by atoms with E-state index in [1.807, 2.05) is 0 Å². The number of methoxy groups -OCH3 is 1. The second-order valence-electron chi connectivity index (χ2n) is 5.82. The minimum Gasteiger partial charge on any atom is -0.495 e. The molecule has 1 amide bonds. The highest BCUT2D eigenvalue weighted by molar-refractivity contribution is 6.01. The number of carboxylic acids is 2. The fourth-order valence-corrected chi connectivity index (χ4v) is 2.74. The van der Waals surface area contributed by atoms with Gasteiger partial charge in [0.15, 0.2) is 0 Å². The molecule has 7 heteroatoms. The number of hydrogen-bond acceptors (Lipinski definition) is 4. The normalized spacial score (nSPS) is 21.8. The van der Waals surface area contributed by atoms with Crippen molar-refractivity contribution in [3.8, 4) is 5.75 Å². The molecular formula is C15H17NO6. The van der Waals surface area contributed by atoms with Crippen LogP contribution in [0.5, 0.6) is 5.75 Å². The molecule has 0 bridgehead atoms. The zero-order chi connectivity index (χ0) is 16.7. The number of rotatable bonds is 5. The topological polar surface area (TPSA) is 113 Å². The van der Waals surface area contributed by atoms with E-state index >= 15 is 0 Å². The van der Waals surface area contributed by atoms with Crippen LogP contribution in [-0.4, -0.2) is 35.2 Å². The number of aliphatic carboxylic acids is 1. The first kappa shape index (κ1) is 15.8. The molecule has 0 saturated heterocycles. The molecule has 0 aliphatic heterocycles. The summed E-state index contributed by atoms with van der Waals surface area (Å²) in [6, 6.07) is 4.08. The molecule has 2 atom stereocenters. The second kappa shape index (κ2) is 5.32. The molecule has 3 N–H and O–H groups in total. The van der Waals surface area contributed by atoms with Crippen molar-refractivity contribution in [2.24, 2.45) is 17.3 Å². The highest BCUT2D eigenvalue weighted by Crippen LogP contribution is 2.58. The molecule has 1 aromatic rings. The van der Waals surface area contributed by atoms with Gasteiger partial charge in [-0.15, -0.1) is 0 Å². The Balaban J connectivity index is 2.24. The summed E-state index contributed by atoms with van der Waals surface area (Å²) in [4.78, 5) is 34.4. The van der Waals surface area contributed by atoms with Gasteiger partial charge in [0.1, 0.15) is 5.75 Å². The van der Waals surface area contributed by atoms with Crippen LogP contribution in [0.3, 0.4) is 0 Å². The Morgan fingerprint density at radius 2 is 1.82 bits per heavy atom. The van der Waals surface area contributed by atoms with Gasteiger partial charge in [-0.05, 0) is 23.6 Å². The van der Waals surface area contributed by atoms with Gasteiger partial charge in [-0.1, -0.05) is 13.8 Å². The van der Waals surface area contributed by atoms with E-state index in [0.717, 1.165) is 0 Å². The number of hydrogen-bond donors (Lipinski definition) is 3. The maximum Gasteiger partial charge on any atom is 0.335 e. The largest absolute Gasteiger partial charge is 0.495 e. The van der Waals surface area contributed by atoms with Gasteiger partial charge in [-0.25, -0.2) is 4.79 Å². The minimum absolute atomic E-state index is 0.000872. The Morgan fingerprint density at radius 3 is 2.27 bits per heavy atom. The first-order valence-corrected chi connectivity index (χ1v) is 6.65. The molecule has 0 unspecified atom stereocenters. The summed E-state index contributed by atoms with van der Waals surface area (Å²) in [5.74, 6) is -3.71. The van der Waals surface area contributed by atoms with Gasteiger partial charge < -0.3 is 20.3 Å². The van der Waals surface area contributed by atoms with Crippen LogP contribution in [0, 0.1) is 17.3 Å². The van der Waals surface area contributed by atoms with E-state index in [1.54, 1.807) is 13.8 Å². The van der Waals surface area contributed by atoms with Crippen LogP contribution in [0.2, 0.25) is 0 Å². The lowest BCUT2D eigenvalue weighted by molar-refractivity contribution is -0.140. The Kier molecular flexibility index (Phi) is 3.83. The third-order valence-electron chi connectivity index (χ3n) is 4.08. The van der Waals surface area contributed by atoms with Crippen LogP contribution in [0.25, 0.3) is 0 Å². The predicted molar refractivity (Wildman–Crippen MR) is 77.0 cm³/mol. The molecule has 0 aromatic heterocycles. The highest BCUT2D eigenvalue weighted by Gasteiger charge is 2.65. The monoisotopic (exact) mass is 307 g/mol. The van der Waals surface area contributed by atoms with Gasteiger partial charge in [0.2, 0.25) is 5.91 Å². The zero-order valence-corrected chi connectivity index (χ0v) is 12.4. The maximum atomic E-state index is 12.3. The molecule has 1 fully saturated rings. The summed E-state index contributed by atoms with van der Waals surface area (Å²) in [5.41, 5.74) is -0.423. The molecule has 0 heterocycles. The summed E-state index contributed by atoms with van der Waals surface area (Å²) >= 11 is 0. The summed E-state index contributed by atoms with van der Waals surface area (Å²) in [6.45, 7) is 3.42. The van der Waals surface area contributed by atoms with Crippen molar-refractivity contribution in [3.05, 3.63) is 23.8 Å². The Labute approximate surface area is 126 Å². The summed E-state index contributed by atoms with van der Waals surface area (Å²) in [5, 5.41) is 20.7. The van der Waals surface area contributed by atoms with Crippen LogP contribution < -0.4 is 10.1 Å². The van der Waals surface area contributed by atoms with E-state index in [0.29, 0.717) is 5.75 Å². The van der Waals surface area contributed by atoms with Crippen molar-refractivity contribution in [1.82, 2.24) is 0 Å². The van der Waals surface area contributed by atoms with Gasteiger partial charge in [0, 0.05) is 0 Å². The standard InChI is InChI=1S/C15H17NO6/c1-15(2)10(11(15)14(20)21)12(17)16-8-6-7(13(18)19)4-5-9(8)22-3/h4-6,10-11H,1-3H3,(H,16,17)(H,18,19)(H,20,21)/t10-,11-/m0/s1. The number of ether oxygens (including phenoxy) is 1. The zero-order valence-electron chi connectivity index (χ0n) is 12.4. The highest BCUT2D eigenvalue weighted by atomic mass is 16.5. The third-order valence-corrected chi connectivity index (χ3v) is 4.08. The molecule has 0 radical (unpaired) electrons. The molecule has 1 aliphatic carbocycles. The molecule has 1 saturated carbocycles. The first-order chi connectivity index (χ1) is 10.2. The fourth-order valence-electron chi connectivity index (χ4n) is 2.74. The van der Waals surface area contributed by atoms with Crippen molar-refractivity contribution in [1.29, 1.82) is 0 Å². The molecular weight excluding hydrogens is 290 g/mol. The molecule has 7 nitrogen and oxygen atoms in total. The van der Waals surface area contributed by atoms with Gasteiger partial charge in [-0.3, -0.25) is 9.59 Å². The lowest BCUT2D eigenvalue weighted by Gasteiger charge is -2.11. The first-order valence-electron chi connectivity index (χ1n) is 6.65. The van der Waals surface area contributed by atoms with Gasteiger partial charge >= 0.3 is 11.9 Å². The molecule has 1 aromatic carbocycles. The van der Waals surface area contributed by atoms with E-state index in [9.17, 15) is 14.4 Å². The van der Waals surface area contributed by atoms with Crippen molar-refractivity contribution >= 4 is 23.5 Å². The Hall–Kier alpha value is -2.57. The maximum absolute atomic E-state index is 12.3. The number of benzene rings is 1. The van der Waals surface area contributed by atoms with Gasteiger partial charge in [0.25, 0.3) is 0 Å². The average Bonchev–Trinajstić information content (AvgIpc) is 3.01. The third kappa shape index (κ3) is 2.61. The Bertz CT molecular complexity index is 651. The molecule has 22 heavy (non-hydrogen) atoms. The number of amides is 1. The van der Waals surface area contributed by atoms with Crippen LogP contribution in [-0.2, 0) is 9.59 Å². The molecule has 0 spiro atoms. The summed E-state index contributed by atoms with van der Waals surface area (Å²) in [7, 11) is 1.40. The fraction of sp³-hybridized carbons (Fsp3) is 0.400. The van der Waals surface area contributed by atoms with Crippen LogP contribution in [0.4, 0.5) is 5.69 Å². The molecule has 2 rings (SSSR count). The Morgan fingerprint density at radius 1 is 1.18 bits per heavy atom. The van der Waals surface area contributed by atoms with Crippen molar-refractivity contribution in [2.75, 3.05) is 12.4 Å².